The maximum atomic E-state index is 11.7. The van der Waals surface area contributed by atoms with Crippen molar-refractivity contribution in [2.75, 3.05) is 19.8 Å². The van der Waals surface area contributed by atoms with E-state index in [1.54, 1.807) is 17.0 Å². The zero-order valence-electron chi connectivity index (χ0n) is 11.0. The molecule has 21 heavy (non-hydrogen) atoms. The van der Waals surface area contributed by atoms with Crippen LogP contribution in [0.4, 0.5) is 11.4 Å². The summed E-state index contributed by atoms with van der Waals surface area (Å²) in [6.07, 6.45) is 0.596. The molecule has 2 saturated heterocycles. The Morgan fingerprint density at radius 3 is 3.00 bits per heavy atom. The summed E-state index contributed by atoms with van der Waals surface area (Å²) in [4.78, 5) is 28.5. The Bertz CT molecular complexity index is 646. The summed E-state index contributed by atoms with van der Waals surface area (Å²) in [6, 6.07) is 4.74. The number of amides is 1. The van der Waals surface area contributed by atoms with Gasteiger partial charge in [-0.05, 0) is 12.1 Å². The highest BCUT2D eigenvalue weighted by Crippen LogP contribution is 2.32. The van der Waals surface area contributed by atoms with Gasteiger partial charge in [-0.1, -0.05) is 15.9 Å². The van der Waals surface area contributed by atoms with Crippen LogP contribution >= 0.6 is 15.9 Å². The average Bonchev–Trinajstić information content (AvgIpc) is 2.85. The van der Waals surface area contributed by atoms with Crippen LogP contribution in [0, 0.1) is 10.1 Å². The number of rotatable bonds is 2. The molecule has 0 N–H and O–H groups in total. The van der Waals surface area contributed by atoms with Crippen molar-refractivity contribution in [2.24, 2.45) is 4.99 Å². The van der Waals surface area contributed by atoms with E-state index in [1.807, 2.05) is 0 Å². The van der Waals surface area contributed by atoms with Crippen molar-refractivity contribution < 1.29 is 14.5 Å². The van der Waals surface area contributed by atoms with E-state index >= 15 is 0 Å². The third-order valence-corrected chi connectivity index (χ3v) is 4.03. The van der Waals surface area contributed by atoms with Gasteiger partial charge in [-0.2, -0.15) is 0 Å². The molecule has 3 rings (SSSR count). The molecule has 2 fully saturated rings. The molecule has 7 nitrogen and oxygen atoms in total. The molecule has 1 aromatic rings. The lowest BCUT2D eigenvalue weighted by Gasteiger charge is -2.28. The Morgan fingerprint density at radius 2 is 2.29 bits per heavy atom. The number of halogens is 1. The number of ether oxygens (including phenoxy) is 1. The number of hydrogen-bond donors (Lipinski definition) is 0. The van der Waals surface area contributed by atoms with Crippen LogP contribution in [0.25, 0.3) is 0 Å². The highest BCUT2D eigenvalue weighted by Gasteiger charge is 2.36. The van der Waals surface area contributed by atoms with Crippen molar-refractivity contribution in [1.29, 1.82) is 0 Å². The fraction of sp³-hybridized carbons (Fsp3) is 0.385. The first-order chi connectivity index (χ1) is 10.0. The summed E-state index contributed by atoms with van der Waals surface area (Å²) < 4.78 is 5.84. The van der Waals surface area contributed by atoms with Crippen molar-refractivity contribution in [1.82, 2.24) is 4.90 Å². The summed E-state index contributed by atoms with van der Waals surface area (Å²) >= 11 is 3.21. The molecule has 2 aliphatic heterocycles. The van der Waals surface area contributed by atoms with E-state index in [0.29, 0.717) is 29.7 Å². The number of hydrogen-bond acceptors (Lipinski definition) is 5. The fourth-order valence-corrected chi connectivity index (χ4v) is 2.92. The molecule has 1 atom stereocenters. The molecule has 0 radical (unpaired) electrons. The summed E-state index contributed by atoms with van der Waals surface area (Å²) in [5, 5.41) is 11.1. The molecule has 0 aromatic heterocycles. The number of benzene rings is 1. The molecular weight excluding hydrogens is 342 g/mol. The van der Waals surface area contributed by atoms with Crippen LogP contribution in [0.15, 0.2) is 27.7 Å². The molecule has 0 aliphatic carbocycles. The van der Waals surface area contributed by atoms with Gasteiger partial charge in [0.05, 0.1) is 24.1 Å². The molecule has 0 spiro atoms. The van der Waals surface area contributed by atoms with Crippen molar-refractivity contribution in [3.05, 3.63) is 32.8 Å². The lowest BCUT2D eigenvalue weighted by Crippen LogP contribution is -2.45. The van der Waals surface area contributed by atoms with Gasteiger partial charge in [0.1, 0.15) is 12.3 Å². The Morgan fingerprint density at radius 1 is 1.48 bits per heavy atom. The number of aliphatic imine (C=N–C) groups is 1. The third kappa shape index (κ3) is 2.81. The van der Waals surface area contributed by atoms with Crippen LogP contribution in [-0.2, 0) is 9.53 Å². The molecule has 0 saturated carbocycles. The van der Waals surface area contributed by atoms with E-state index in [1.165, 1.54) is 6.07 Å². The minimum Gasteiger partial charge on any atom is -0.369 e. The van der Waals surface area contributed by atoms with Crippen LogP contribution in [0.1, 0.15) is 6.42 Å². The normalized spacial score (nSPS) is 23.5. The zero-order chi connectivity index (χ0) is 15.0. The second-order valence-corrected chi connectivity index (χ2v) is 5.88. The van der Waals surface area contributed by atoms with Crippen LogP contribution in [0.3, 0.4) is 0 Å². The maximum absolute atomic E-state index is 11.7. The molecule has 2 heterocycles. The second-order valence-electron chi connectivity index (χ2n) is 4.96. The smallest absolute Gasteiger partial charge is 0.295 e. The van der Waals surface area contributed by atoms with Gasteiger partial charge in [-0.3, -0.25) is 14.9 Å². The van der Waals surface area contributed by atoms with E-state index in [-0.39, 0.29) is 24.2 Å². The van der Waals surface area contributed by atoms with Crippen molar-refractivity contribution in [2.45, 2.75) is 12.5 Å². The lowest BCUT2D eigenvalue weighted by atomic mass is 10.2. The molecule has 1 amide bonds. The maximum Gasteiger partial charge on any atom is 0.295 e. The molecule has 0 bridgehead atoms. The Hall–Kier alpha value is -1.80. The number of fused-ring (bicyclic) bond motifs is 1. The van der Waals surface area contributed by atoms with Crippen LogP contribution in [0.5, 0.6) is 0 Å². The molecule has 2 aliphatic rings. The molecule has 1 aromatic carbocycles. The second kappa shape index (κ2) is 5.53. The van der Waals surface area contributed by atoms with Crippen LogP contribution in [0.2, 0.25) is 0 Å². The standard InChI is InChI=1S/C13H12BrN3O4/c14-8-1-2-11(12(3-8)17(19)20)15-9-4-10-6-21-7-13(18)16(10)5-9/h1-3,10H,4-7H2. The minimum absolute atomic E-state index is 0.000459. The minimum atomic E-state index is -0.458. The van der Waals surface area contributed by atoms with Crippen molar-refractivity contribution in [3.63, 3.8) is 0 Å². The van der Waals surface area contributed by atoms with Crippen molar-refractivity contribution >= 4 is 38.9 Å². The van der Waals surface area contributed by atoms with Gasteiger partial charge >= 0.3 is 0 Å². The third-order valence-electron chi connectivity index (χ3n) is 3.53. The molecule has 8 heteroatoms. The first-order valence-corrected chi connectivity index (χ1v) is 7.21. The summed E-state index contributed by atoms with van der Waals surface area (Å²) in [5.74, 6) is -0.0539. The van der Waals surface area contributed by atoms with Gasteiger partial charge in [0, 0.05) is 22.7 Å². The lowest BCUT2D eigenvalue weighted by molar-refractivity contribution is -0.384. The summed E-state index contributed by atoms with van der Waals surface area (Å²) in [6.45, 7) is 1.01. The van der Waals surface area contributed by atoms with Gasteiger partial charge in [0.25, 0.3) is 5.69 Å². The van der Waals surface area contributed by atoms with Gasteiger partial charge in [0.15, 0.2) is 0 Å². The van der Waals surface area contributed by atoms with E-state index in [0.717, 1.165) is 5.71 Å². The van der Waals surface area contributed by atoms with E-state index < -0.39 is 4.92 Å². The predicted octanol–water partition coefficient (Wildman–Crippen LogP) is 2.06. The summed E-state index contributed by atoms with van der Waals surface area (Å²) in [5.41, 5.74) is 1.03. The number of carbonyl (C=O) groups is 1. The predicted molar refractivity (Wildman–Crippen MR) is 78.8 cm³/mol. The van der Waals surface area contributed by atoms with E-state index in [9.17, 15) is 14.9 Å². The summed E-state index contributed by atoms with van der Waals surface area (Å²) in [7, 11) is 0. The van der Waals surface area contributed by atoms with Crippen LogP contribution < -0.4 is 0 Å². The quantitative estimate of drug-likeness (QED) is 0.601. The van der Waals surface area contributed by atoms with E-state index in [4.69, 9.17) is 4.74 Å². The number of carbonyl (C=O) groups excluding carboxylic acids is 1. The fourth-order valence-electron chi connectivity index (χ4n) is 2.57. The average molecular weight is 354 g/mol. The molecule has 1 unspecified atom stereocenters. The number of nitrogens with zero attached hydrogens (tertiary/aromatic N) is 3. The first-order valence-electron chi connectivity index (χ1n) is 6.42. The number of morpholine rings is 1. The number of nitro benzene ring substituents is 1. The Kier molecular flexibility index (Phi) is 3.73. The van der Waals surface area contributed by atoms with Gasteiger partial charge in [-0.25, -0.2) is 4.99 Å². The Labute approximate surface area is 128 Å². The topological polar surface area (TPSA) is 85.0 Å². The van der Waals surface area contributed by atoms with Gasteiger partial charge in [-0.15, -0.1) is 0 Å². The zero-order valence-corrected chi connectivity index (χ0v) is 12.6. The molecular formula is C13H12BrN3O4. The van der Waals surface area contributed by atoms with Gasteiger partial charge in [0.2, 0.25) is 5.91 Å². The van der Waals surface area contributed by atoms with Crippen molar-refractivity contribution in [3.8, 4) is 0 Å². The molecule has 110 valence electrons. The van der Waals surface area contributed by atoms with E-state index in [2.05, 4.69) is 20.9 Å². The monoisotopic (exact) mass is 353 g/mol. The van der Waals surface area contributed by atoms with Crippen LogP contribution in [-0.4, -0.2) is 47.2 Å². The highest BCUT2D eigenvalue weighted by atomic mass is 79.9. The van der Waals surface area contributed by atoms with Gasteiger partial charge < -0.3 is 9.64 Å². The number of nitro groups is 1. The Balaban J connectivity index is 1.89. The highest BCUT2D eigenvalue weighted by molar-refractivity contribution is 9.10. The largest absolute Gasteiger partial charge is 0.369 e. The first kappa shape index (κ1) is 14.2. The SMILES string of the molecule is O=C1COCC2CC(=Nc3ccc(Br)cc3[N+](=O)[O-])CN12.